The van der Waals surface area contributed by atoms with E-state index in [-0.39, 0.29) is 22.3 Å². The van der Waals surface area contributed by atoms with Crippen molar-refractivity contribution >= 4 is 11.4 Å². The van der Waals surface area contributed by atoms with Gasteiger partial charge in [0.2, 0.25) is 0 Å². The first kappa shape index (κ1) is 37.7. The van der Waals surface area contributed by atoms with Crippen molar-refractivity contribution in [3.05, 3.63) is 155 Å². The van der Waals surface area contributed by atoms with E-state index in [2.05, 4.69) is 97.1 Å². The maximum absolute atomic E-state index is 12.0. The Morgan fingerprint density at radius 1 is 0.381 bits per heavy atom. The number of benzene rings is 6. The standard InChI is InChI=1S/C57H56N2O4/c58-45-17-19-49(51(53(45)60)55-27-33-21-34(28-55)23-35(22-33)29-55)62-47-15-7-5-13-43(47)57(41-11-3-1-9-39(41)40-10-2-4-12-42(40)57)44-14-6-8-16-48(44)63-50-20-18-46(59)54(61)52(50)56-30-36-24-37(31-56)26-38(25-36)32-56/h1-20,33-38,60-61H,21-32,58-59H2. The van der Waals surface area contributed by atoms with E-state index in [1.807, 2.05) is 12.1 Å². The molecule has 0 aliphatic heterocycles. The van der Waals surface area contributed by atoms with Crippen LogP contribution in [-0.4, -0.2) is 10.2 Å². The molecule has 6 aromatic carbocycles. The van der Waals surface area contributed by atoms with Crippen LogP contribution in [0.2, 0.25) is 0 Å². The molecule has 8 saturated carbocycles. The molecule has 9 aliphatic rings. The highest BCUT2D eigenvalue weighted by Crippen LogP contribution is 2.67. The molecule has 0 radical (unpaired) electrons. The van der Waals surface area contributed by atoms with E-state index in [1.54, 1.807) is 12.1 Å². The third kappa shape index (κ3) is 5.42. The highest BCUT2D eigenvalue weighted by Gasteiger charge is 2.56. The number of hydrogen-bond donors (Lipinski definition) is 4. The number of fused-ring (bicyclic) bond motifs is 3. The van der Waals surface area contributed by atoms with Crippen LogP contribution >= 0.6 is 0 Å². The van der Waals surface area contributed by atoms with Gasteiger partial charge in [0, 0.05) is 33.1 Å². The van der Waals surface area contributed by atoms with Crippen LogP contribution in [0.5, 0.6) is 34.5 Å². The molecule has 0 saturated heterocycles. The van der Waals surface area contributed by atoms with Crippen LogP contribution in [0, 0.1) is 35.5 Å². The van der Waals surface area contributed by atoms with Gasteiger partial charge in [0.15, 0.2) is 0 Å². The molecule has 6 N–H and O–H groups in total. The number of rotatable bonds is 8. The van der Waals surface area contributed by atoms with Crippen molar-refractivity contribution in [1.82, 2.24) is 0 Å². The molecule has 9 aliphatic carbocycles. The fourth-order valence-corrected chi connectivity index (χ4v) is 16.1. The molecule has 8 fully saturated rings. The maximum Gasteiger partial charge on any atom is 0.145 e. The summed E-state index contributed by atoms with van der Waals surface area (Å²) < 4.78 is 14.8. The van der Waals surface area contributed by atoms with Crippen molar-refractivity contribution in [3.8, 4) is 45.6 Å². The fraction of sp³-hybridized carbons (Fsp3) is 0.368. The molecule has 63 heavy (non-hydrogen) atoms. The van der Waals surface area contributed by atoms with Crippen LogP contribution in [-0.2, 0) is 16.2 Å². The van der Waals surface area contributed by atoms with E-state index in [1.165, 1.54) is 38.5 Å². The van der Waals surface area contributed by atoms with Crippen molar-refractivity contribution in [2.45, 2.75) is 93.3 Å². The van der Waals surface area contributed by atoms with Crippen molar-refractivity contribution in [1.29, 1.82) is 0 Å². The van der Waals surface area contributed by atoms with Gasteiger partial charge in [-0.2, -0.15) is 0 Å². The molecule has 8 bridgehead atoms. The van der Waals surface area contributed by atoms with Crippen molar-refractivity contribution in [2.24, 2.45) is 35.5 Å². The minimum absolute atomic E-state index is 0.164. The van der Waals surface area contributed by atoms with Gasteiger partial charge in [-0.3, -0.25) is 0 Å². The van der Waals surface area contributed by atoms with Gasteiger partial charge in [-0.15, -0.1) is 0 Å². The summed E-state index contributed by atoms with van der Waals surface area (Å²) in [4.78, 5) is 0. The molecular formula is C57H56N2O4. The average Bonchev–Trinajstić information content (AvgIpc) is 3.56. The van der Waals surface area contributed by atoms with E-state index in [0.717, 1.165) is 83.0 Å². The number of phenolic OH excluding ortho intramolecular Hbond substituents is 2. The molecule has 6 aromatic rings. The summed E-state index contributed by atoms with van der Waals surface area (Å²) in [5.74, 6) is 7.22. The zero-order chi connectivity index (χ0) is 42.2. The predicted molar refractivity (Wildman–Crippen MR) is 249 cm³/mol. The lowest BCUT2D eigenvalue weighted by molar-refractivity contribution is -0.00708. The number of phenols is 2. The van der Waals surface area contributed by atoms with Gasteiger partial charge in [0.05, 0.1) is 16.8 Å². The first-order chi connectivity index (χ1) is 30.7. The smallest absolute Gasteiger partial charge is 0.145 e. The number of hydrogen-bond acceptors (Lipinski definition) is 6. The normalized spacial score (nSPS) is 30.0. The summed E-state index contributed by atoms with van der Waals surface area (Å²) >= 11 is 0. The SMILES string of the molecule is Nc1ccc(Oc2ccccc2C2(c3ccccc3Oc3ccc(N)c(O)c3C34CC5CC(CC(C5)C3)C4)c3ccccc3-c3ccccc32)c(C23CC4CC(CC(C4)C2)C3)c1O. The number of aromatic hydroxyl groups is 2. The van der Waals surface area contributed by atoms with Crippen LogP contribution in [0.25, 0.3) is 11.1 Å². The minimum atomic E-state index is -0.881. The Balaban J connectivity index is 1.01. The van der Waals surface area contributed by atoms with Crippen molar-refractivity contribution < 1.29 is 19.7 Å². The molecule has 318 valence electrons. The van der Waals surface area contributed by atoms with E-state index in [0.29, 0.717) is 69.9 Å². The number of anilines is 2. The van der Waals surface area contributed by atoms with Crippen molar-refractivity contribution in [3.63, 3.8) is 0 Å². The molecule has 6 nitrogen and oxygen atoms in total. The Kier molecular flexibility index (Phi) is 8.11. The highest BCUT2D eigenvalue weighted by atomic mass is 16.5. The topological polar surface area (TPSA) is 111 Å². The van der Waals surface area contributed by atoms with Crippen molar-refractivity contribution in [2.75, 3.05) is 11.5 Å². The summed E-state index contributed by atoms with van der Waals surface area (Å²) in [7, 11) is 0. The largest absolute Gasteiger partial charge is 0.505 e. The van der Waals surface area contributed by atoms with E-state index >= 15 is 0 Å². The number of para-hydroxylation sites is 2. The third-order valence-corrected chi connectivity index (χ3v) is 17.5. The highest BCUT2D eigenvalue weighted by molar-refractivity contribution is 5.88. The fourth-order valence-electron chi connectivity index (χ4n) is 16.1. The second kappa shape index (κ2) is 13.6. The molecule has 0 unspecified atom stereocenters. The molecule has 15 rings (SSSR count). The third-order valence-electron chi connectivity index (χ3n) is 17.5. The number of nitrogen functional groups attached to an aromatic ring is 2. The van der Waals surface area contributed by atoms with Gasteiger partial charge in [-0.25, -0.2) is 0 Å². The second-order valence-electron chi connectivity index (χ2n) is 21.2. The van der Waals surface area contributed by atoms with E-state index < -0.39 is 5.41 Å². The lowest BCUT2D eigenvalue weighted by Crippen LogP contribution is -2.48. The Labute approximate surface area is 370 Å². The monoisotopic (exact) mass is 832 g/mol. The van der Waals surface area contributed by atoms with Crippen LogP contribution in [0.4, 0.5) is 11.4 Å². The lowest BCUT2D eigenvalue weighted by atomic mass is 9.48. The average molecular weight is 833 g/mol. The minimum Gasteiger partial charge on any atom is -0.505 e. The van der Waals surface area contributed by atoms with Gasteiger partial charge in [0.25, 0.3) is 0 Å². The molecule has 0 heterocycles. The van der Waals surface area contributed by atoms with Crippen LogP contribution in [0.15, 0.2) is 121 Å². The summed E-state index contributed by atoms with van der Waals surface area (Å²) in [6.45, 7) is 0. The summed E-state index contributed by atoms with van der Waals surface area (Å²) in [6.07, 6.45) is 14.2. The number of nitrogens with two attached hydrogens (primary N) is 2. The zero-order valence-electron chi connectivity index (χ0n) is 35.9. The van der Waals surface area contributed by atoms with Crippen LogP contribution in [0.3, 0.4) is 0 Å². The molecule has 0 amide bonds. The molecule has 0 atom stereocenters. The first-order valence-electron chi connectivity index (χ1n) is 23.7. The molecule has 0 aromatic heterocycles. The second-order valence-corrected chi connectivity index (χ2v) is 21.2. The summed E-state index contributed by atoms with van der Waals surface area (Å²) in [5.41, 5.74) is 21.1. The van der Waals surface area contributed by atoms with Crippen LogP contribution < -0.4 is 20.9 Å². The van der Waals surface area contributed by atoms with E-state index in [9.17, 15) is 10.2 Å². The Morgan fingerprint density at radius 3 is 1.06 bits per heavy atom. The Hall–Kier alpha value is -5.88. The molecule has 6 heteroatoms. The van der Waals surface area contributed by atoms with Gasteiger partial charge in [-0.1, -0.05) is 84.9 Å². The summed E-state index contributed by atoms with van der Waals surface area (Å²) in [5, 5.41) is 24.1. The molecular weight excluding hydrogens is 777 g/mol. The van der Waals surface area contributed by atoms with E-state index in [4.69, 9.17) is 20.9 Å². The van der Waals surface area contributed by atoms with Crippen LogP contribution in [0.1, 0.15) is 110 Å². The zero-order valence-corrected chi connectivity index (χ0v) is 35.9. The summed E-state index contributed by atoms with van der Waals surface area (Å²) in [6, 6.07) is 42.0. The number of ether oxygens (including phenoxy) is 2. The van der Waals surface area contributed by atoms with Gasteiger partial charge in [-0.05, 0) is 171 Å². The predicted octanol–water partition coefficient (Wildman–Crippen LogP) is 13.1. The molecule has 0 spiro atoms. The first-order valence-corrected chi connectivity index (χ1v) is 23.7. The lowest BCUT2D eigenvalue weighted by Gasteiger charge is -2.57. The Morgan fingerprint density at radius 2 is 0.698 bits per heavy atom. The van der Waals surface area contributed by atoms with Gasteiger partial charge in [0.1, 0.15) is 34.5 Å². The quantitative estimate of drug-likeness (QED) is 0.0896. The van der Waals surface area contributed by atoms with Gasteiger partial charge >= 0.3 is 0 Å². The Bertz CT molecular complexity index is 2580. The van der Waals surface area contributed by atoms with Gasteiger partial charge < -0.3 is 31.2 Å². The maximum atomic E-state index is 12.0.